The second-order valence-corrected chi connectivity index (χ2v) is 9.03. The Labute approximate surface area is 199 Å². The molecule has 1 unspecified atom stereocenters. The molecule has 34 heavy (non-hydrogen) atoms. The first-order valence-corrected chi connectivity index (χ1v) is 11.7. The van der Waals surface area contributed by atoms with Crippen molar-refractivity contribution in [1.82, 2.24) is 25.5 Å². The third-order valence-corrected chi connectivity index (χ3v) is 6.26. The lowest BCUT2D eigenvalue weighted by Gasteiger charge is -2.24. The Bertz CT molecular complexity index is 1100. The fraction of sp³-hybridized carbons (Fsp3) is 0.480. The van der Waals surface area contributed by atoms with Gasteiger partial charge in [-0.3, -0.25) is 24.4 Å². The van der Waals surface area contributed by atoms with E-state index in [2.05, 4.69) is 20.6 Å². The van der Waals surface area contributed by atoms with E-state index in [0.29, 0.717) is 36.8 Å². The fourth-order valence-electron chi connectivity index (χ4n) is 4.03. The van der Waals surface area contributed by atoms with Crippen molar-refractivity contribution in [3.8, 4) is 5.75 Å². The van der Waals surface area contributed by atoms with Gasteiger partial charge in [-0.05, 0) is 50.3 Å². The monoisotopic (exact) mass is 465 g/mol. The predicted molar refractivity (Wildman–Crippen MR) is 125 cm³/mol. The van der Waals surface area contributed by atoms with Crippen molar-refractivity contribution < 1.29 is 19.1 Å². The predicted octanol–water partition coefficient (Wildman–Crippen LogP) is 2.09. The lowest BCUT2D eigenvalue weighted by molar-refractivity contribution is -0.121. The first-order chi connectivity index (χ1) is 16.3. The van der Waals surface area contributed by atoms with Crippen LogP contribution >= 0.6 is 0 Å². The van der Waals surface area contributed by atoms with E-state index in [-0.39, 0.29) is 30.2 Å². The highest BCUT2D eigenvalue weighted by Gasteiger charge is 2.34. The lowest BCUT2D eigenvalue weighted by Crippen LogP contribution is -2.34. The van der Waals surface area contributed by atoms with Crippen molar-refractivity contribution in [1.29, 1.82) is 0 Å². The number of rotatable bonds is 10. The summed E-state index contributed by atoms with van der Waals surface area (Å²) in [4.78, 5) is 47.2. The zero-order valence-electron chi connectivity index (χ0n) is 19.9. The molecule has 0 radical (unpaired) electrons. The number of nitrogens with zero attached hydrogens (tertiary/aromatic N) is 3. The Balaban J connectivity index is 1.41. The summed E-state index contributed by atoms with van der Waals surface area (Å²) in [6, 6.07) is 3.44. The second kappa shape index (κ2) is 10.2. The third kappa shape index (κ3) is 5.52. The molecule has 9 nitrogen and oxygen atoms in total. The average Bonchev–Trinajstić information content (AvgIpc) is 3.57. The molecule has 0 bridgehead atoms. The molecule has 0 spiro atoms. The van der Waals surface area contributed by atoms with Crippen LogP contribution in [-0.4, -0.2) is 52.3 Å². The molecule has 0 saturated heterocycles. The van der Waals surface area contributed by atoms with E-state index >= 15 is 0 Å². The van der Waals surface area contributed by atoms with E-state index < -0.39 is 0 Å². The van der Waals surface area contributed by atoms with Crippen LogP contribution in [0.4, 0.5) is 0 Å². The van der Waals surface area contributed by atoms with Gasteiger partial charge in [0, 0.05) is 43.9 Å². The summed E-state index contributed by atoms with van der Waals surface area (Å²) in [5.74, 6) is 1.01. The minimum atomic E-state index is -0.240. The van der Waals surface area contributed by atoms with Gasteiger partial charge in [0.1, 0.15) is 5.75 Å². The van der Waals surface area contributed by atoms with Crippen molar-refractivity contribution in [2.45, 2.75) is 52.6 Å². The van der Waals surface area contributed by atoms with E-state index in [1.54, 1.807) is 23.4 Å². The molecule has 1 aliphatic heterocycles. The summed E-state index contributed by atoms with van der Waals surface area (Å²) < 4.78 is 5.88. The number of pyridine rings is 2. The van der Waals surface area contributed by atoms with Crippen LogP contribution in [0.1, 0.15) is 65.6 Å². The number of ether oxygens (including phenoxy) is 1. The average molecular weight is 466 g/mol. The molecule has 1 aliphatic carbocycles. The van der Waals surface area contributed by atoms with Crippen LogP contribution in [0, 0.1) is 12.8 Å². The highest BCUT2D eigenvalue weighted by atomic mass is 16.5. The Morgan fingerprint density at radius 2 is 2.00 bits per heavy atom. The first-order valence-electron chi connectivity index (χ1n) is 11.7. The first kappa shape index (κ1) is 23.7. The molecule has 3 amide bonds. The Morgan fingerprint density at radius 1 is 1.24 bits per heavy atom. The van der Waals surface area contributed by atoms with Crippen LogP contribution in [0.2, 0.25) is 0 Å². The Hall–Kier alpha value is -3.49. The molecule has 2 N–H and O–H groups in total. The summed E-state index contributed by atoms with van der Waals surface area (Å²) in [6.45, 7) is 7.18. The van der Waals surface area contributed by atoms with Crippen molar-refractivity contribution in [2.75, 3.05) is 19.7 Å². The molecular formula is C25H31N5O4. The van der Waals surface area contributed by atoms with Crippen LogP contribution in [0.15, 0.2) is 24.5 Å². The summed E-state index contributed by atoms with van der Waals surface area (Å²) in [7, 11) is 0. The van der Waals surface area contributed by atoms with Gasteiger partial charge in [0.2, 0.25) is 11.8 Å². The zero-order chi connectivity index (χ0) is 24.2. The van der Waals surface area contributed by atoms with Gasteiger partial charge in [-0.15, -0.1) is 0 Å². The summed E-state index contributed by atoms with van der Waals surface area (Å²) in [5, 5.41) is 5.40. The highest BCUT2D eigenvalue weighted by molar-refractivity contribution is 5.99. The molecule has 180 valence electrons. The number of amides is 3. The highest BCUT2D eigenvalue weighted by Crippen LogP contribution is 2.34. The van der Waals surface area contributed by atoms with Crippen LogP contribution < -0.4 is 15.4 Å². The largest absolute Gasteiger partial charge is 0.491 e. The van der Waals surface area contributed by atoms with Crippen molar-refractivity contribution in [2.24, 2.45) is 5.92 Å². The van der Waals surface area contributed by atoms with E-state index in [1.807, 2.05) is 19.9 Å². The molecule has 1 atom stereocenters. The van der Waals surface area contributed by atoms with Gasteiger partial charge in [0.15, 0.2) is 0 Å². The summed E-state index contributed by atoms with van der Waals surface area (Å²) in [5.41, 5.74) is 3.73. The van der Waals surface area contributed by atoms with Gasteiger partial charge in [-0.2, -0.15) is 0 Å². The van der Waals surface area contributed by atoms with Gasteiger partial charge >= 0.3 is 0 Å². The molecule has 3 heterocycles. The number of fused-ring (bicyclic) bond motifs is 1. The van der Waals surface area contributed by atoms with Crippen molar-refractivity contribution in [3.05, 3.63) is 52.6 Å². The molecule has 2 aromatic heterocycles. The topological polar surface area (TPSA) is 114 Å². The third-order valence-electron chi connectivity index (χ3n) is 6.26. The van der Waals surface area contributed by atoms with Gasteiger partial charge in [0.25, 0.3) is 5.91 Å². The molecule has 2 aromatic rings. The molecule has 9 heteroatoms. The number of hydrogen-bond donors (Lipinski definition) is 2. The van der Waals surface area contributed by atoms with Crippen LogP contribution in [0.5, 0.6) is 5.75 Å². The maximum absolute atomic E-state index is 13.2. The molecule has 1 fully saturated rings. The van der Waals surface area contributed by atoms with Crippen LogP contribution in [0.25, 0.3) is 0 Å². The number of hydrogen-bond acceptors (Lipinski definition) is 6. The number of aromatic nitrogens is 2. The van der Waals surface area contributed by atoms with E-state index in [1.165, 1.54) is 19.8 Å². The van der Waals surface area contributed by atoms with Crippen molar-refractivity contribution >= 4 is 17.7 Å². The van der Waals surface area contributed by atoms with Crippen LogP contribution in [0.3, 0.4) is 0 Å². The molecule has 4 rings (SSSR count). The van der Waals surface area contributed by atoms with Gasteiger partial charge in [-0.1, -0.05) is 0 Å². The lowest BCUT2D eigenvalue weighted by atomic mass is 10.1. The zero-order valence-corrected chi connectivity index (χ0v) is 19.9. The van der Waals surface area contributed by atoms with Gasteiger partial charge < -0.3 is 20.3 Å². The smallest absolute Gasteiger partial charge is 0.255 e. The standard InChI is InChI=1S/C25H31N5O4/c1-15-10-21(29-12-23(15)34-14-18-4-5-18)16(2)30-13-20-19(25(30)33)6-7-27-22(20)11-24(32)28-9-8-26-17(3)31/h6-7,10,12,16,18H,4-5,8-9,11,13-14H2,1-3H3,(H,26,31)(H,28,32). The summed E-state index contributed by atoms with van der Waals surface area (Å²) >= 11 is 0. The quantitative estimate of drug-likeness (QED) is 0.520. The molecular weight excluding hydrogens is 434 g/mol. The second-order valence-electron chi connectivity index (χ2n) is 9.03. The Morgan fingerprint density at radius 3 is 2.71 bits per heavy atom. The molecule has 0 aromatic carbocycles. The van der Waals surface area contributed by atoms with Crippen LogP contribution in [-0.2, 0) is 22.6 Å². The number of carbonyl (C=O) groups excluding carboxylic acids is 3. The summed E-state index contributed by atoms with van der Waals surface area (Å²) in [6.07, 6.45) is 5.85. The SMILES string of the molecule is CC(=O)NCCNC(=O)Cc1nccc2c1CN(C(C)c1cc(C)c(OCC3CC3)cn1)C2=O. The Kier molecular flexibility index (Phi) is 7.09. The van der Waals surface area contributed by atoms with Gasteiger partial charge in [0.05, 0.1) is 36.7 Å². The number of carbonyl (C=O) groups is 3. The van der Waals surface area contributed by atoms with E-state index in [9.17, 15) is 14.4 Å². The fourth-order valence-corrected chi connectivity index (χ4v) is 4.03. The maximum Gasteiger partial charge on any atom is 0.255 e. The number of aryl methyl sites for hydroxylation is 1. The minimum absolute atomic E-state index is 0.0726. The van der Waals surface area contributed by atoms with E-state index in [0.717, 1.165) is 29.2 Å². The van der Waals surface area contributed by atoms with Crippen molar-refractivity contribution in [3.63, 3.8) is 0 Å². The number of nitrogens with one attached hydrogen (secondary N) is 2. The normalized spacial score (nSPS) is 15.6. The minimum Gasteiger partial charge on any atom is -0.491 e. The molecule has 1 saturated carbocycles. The van der Waals surface area contributed by atoms with E-state index in [4.69, 9.17) is 4.74 Å². The molecule has 2 aliphatic rings. The maximum atomic E-state index is 13.2. The van der Waals surface area contributed by atoms with Gasteiger partial charge in [-0.25, -0.2) is 0 Å².